The van der Waals surface area contributed by atoms with Crippen LogP contribution in [0.4, 0.5) is 5.82 Å². The summed E-state index contributed by atoms with van der Waals surface area (Å²) >= 11 is 0. The zero-order valence-corrected chi connectivity index (χ0v) is 14.5. The molecule has 0 fully saturated rings. The van der Waals surface area contributed by atoms with Crippen LogP contribution in [-0.2, 0) is 6.42 Å². The van der Waals surface area contributed by atoms with Gasteiger partial charge < -0.3 is 15.5 Å². The van der Waals surface area contributed by atoms with Crippen LogP contribution in [0, 0.1) is 0 Å². The van der Waals surface area contributed by atoms with E-state index >= 15 is 0 Å². The Hall–Kier alpha value is -2.40. The number of benzene rings is 1. The van der Waals surface area contributed by atoms with E-state index in [9.17, 15) is 4.79 Å². The van der Waals surface area contributed by atoms with Crippen LogP contribution in [0.5, 0.6) is 0 Å². The standard InChI is InChI=1S/C19H26N4O/c1-23(2)14-13-20-18-11-10-17(15-22-18)19(24)21-12-6-9-16-7-4-3-5-8-16/h3-5,7-8,10-11,15H,6,9,12-14H2,1-2H3,(H,20,22)(H,21,24). The topological polar surface area (TPSA) is 57.3 Å². The van der Waals surface area contributed by atoms with Crippen LogP contribution in [0.1, 0.15) is 22.3 Å². The van der Waals surface area contributed by atoms with E-state index in [2.05, 4.69) is 32.7 Å². The maximum absolute atomic E-state index is 12.1. The van der Waals surface area contributed by atoms with Crippen molar-refractivity contribution in [1.29, 1.82) is 0 Å². The van der Waals surface area contributed by atoms with Crippen LogP contribution in [0.3, 0.4) is 0 Å². The molecule has 0 atom stereocenters. The number of nitrogens with zero attached hydrogens (tertiary/aromatic N) is 2. The molecular weight excluding hydrogens is 300 g/mol. The third-order valence-corrected chi connectivity index (χ3v) is 3.66. The quantitative estimate of drug-likeness (QED) is 0.695. The van der Waals surface area contributed by atoms with Gasteiger partial charge in [0.25, 0.3) is 5.91 Å². The molecule has 24 heavy (non-hydrogen) atoms. The molecule has 2 N–H and O–H groups in total. The lowest BCUT2D eigenvalue weighted by Gasteiger charge is -2.11. The normalized spacial score (nSPS) is 10.6. The van der Waals surface area contributed by atoms with Crippen LogP contribution in [0.2, 0.25) is 0 Å². The lowest BCUT2D eigenvalue weighted by molar-refractivity contribution is 0.0953. The Morgan fingerprint density at radius 2 is 1.88 bits per heavy atom. The predicted octanol–water partition coefficient (Wildman–Crippen LogP) is 2.42. The Bertz CT molecular complexity index is 611. The molecule has 0 aliphatic carbocycles. The summed E-state index contributed by atoms with van der Waals surface area (Å²) in [7, 11) is 4.06. The highest BCUT2D eigenvalue weighted by Gasteiger charge is 2.05. The third-order valence-electron chi connectivity index (χ3n) is 3.66. The van der Waals surface area contributed by atoms with Crippen molar-refractivity contribution >= 4 is 11.7 Å². The summed E-state index contributed by atoms with van der Waals surface area (Å²) < 4.78 is 0. The second-order valence-electron chi connectivity index (χ2n) is 6.01. The predicted molar refractivity (Wildman–Crippen MR) is 98.4 cm³/mol. The number of rotatable bonds is 9. The Labute approximate surface area is 144 Å². The number of aromatic nitrogens is 1. The molecule has 0 radical (unpaired) electrons. The van der Waals surface area contributed by atoms with Gasteiger partial charge in [0.15, 0.2) is 0 Å². The molecule has 0 aliphatic heterocycles. The lowest BCUT2D eigenvalue weighted by Crippen LogP contribution is -2.25. The third kappa shape index (κ3) is 6.38. The number of hydrogen-bond donors (Lipinski definition) is 2. The molecular formula is C19H26N4O. The summed E-state index contributed by atoms with van der Waals surface area (Å²) in [5, 5.41) is 6.17. The minimum atomic E-state index is -0.0737. The van der Waals surface area contributed by atoms with Crippen molar-refractivity contribution in [3.8, 4) is 0 Å². The Morgan fingerprint density at radius 3 is 2.54 bits per heavy atom. The number of likely N-dealkylation sites (N-methyl/N-ethyl adjacent to an activating group) is 1. The number of hydrogen-bond acceptors (Lipinski definition) is 4. The Balaban J connectivity index is 1.70. The van der Waals surface area contributed by atoms with E-state index < -0.39 is 0 Å². The monoisotopic (exact) mass is 326 g/mol. The summed E-state index contributed by atoms with van der Waals surface area (Å²) in [5.41, 5.74) is 1.88. The SMILES string of the molecule is CN(C)CCNc1ccc(C(=O)NCCCc2ccccc2)cn1. The first-order valence-electron chi connectivity index (χ1n) is 8.32. The molecule has 2 rings (SSSR count). The molecule has 0 unspecified atom stereocenters. The molecule has 0 bridgehead atoms. The van der Waals surface area contributed by atoms with Gasteiger partial charge in [0.2, 0.25) is 0 Å². The van der Waals surface area contributed by atoms with E-state index in [1.165, 1.54) is 5.56 Å². The molecule has 128 valence electrons. The van der Waals surface area contributed by atoms with Crippen molar-refractivity contribution in [3.63, 3.8) is 0 Å². The molecule has 0 saturated heterocycles. The fourth-order valence-corrected chi connectivity index (χ4v) is 2.28. The van der Waals surface area contributed by atoms with Gasteiger partial charge in [-0.1, -0.05) is 30.3 Å². The molecule has 1 amide bonds. The second kappa shape index (κ2) is 9.67. The number of pyridine rings is 1. The van der Waals surface area contributed by atoms with Crippen LogP contribution < -0.4 is 10.6 Å². The van der Waals surface area contributed by atoms with Gasteiger partial charge in [0.1, 0.15) is 5.82 Å². The Kier molecular flexibility index (Phi) is 7.23. The van der Waals surface area contributed by atoms with Crippen LogP contribution in [-0.4, -0.2) is 49.5 Å². The van der Waals surface area contributed by atoms with Gasteiger partial charge in [-0.2, -0.15) is 0 Å². The van der Waals surface area contributed by atoms with Gasteiger partial charge in [-0.3, -0.25) is 4.79 Å². The van der Waals surface area contributed by atoms with E-state index in [0.29, 0.717) is 12.1 Å². The fraction of sp³-hybridized carbons (Fsp3) is 0.368. The first-order chi connectivity index (χ1) is 11.6. The van der Waals surface area contributed by atoms with Gasteiger partial charge in [-0.05, 0) is 44.6 Å². The number of anilines is 1. The number of carbonyl (C=O) groups is 1. The minimum Gasteiger partial charge on any atom is -0.369 e. The molecule has 1 heterocycles. The summed E-state index contributed by atoms with van der Waals surface area (Å²) in [5.74, 6) is 0.716. The average Bonchev–Trinajstić information content (AvgIpc) is 2.60. The van der Waals surface area contributed by atoms with E-state index in [1.54, 1.807) is 12.3 Å². The van der Waals surface area contributed by atoms with Gasteiger partial charge in [0.05, 0.1) is 5.56 Å². The summed E-state index contributed by atoms with van der Waals surface area (Å²) in [6.45, 7) is 2.42. The van der Waals surface area contributed by atoms with Crippen molar-refractivity contribution < 1.29 is 4.79 Å². The highest BCUT2D eigenvalue weighted by molar-refractivity contribution is 5.94. The van der Waals surface area contributed by atoms with E-state index in [-0.39, 0.29) is 5.91 Å². The van der Waals surface area contributed by atoms with Crippen molar-refractivity contribution in [1.82, 2.24) is 15.2 Å². The van der Waals surface area contributed by atoms with Crippen molar-refractivity contribution in [2.24, 2.45) is 0 Å². The largest absolute Gasteiger partial charge is 0.369 e. The van der Waals surface area contributed by atoms with Crippen LogP contribution >= 0.6 is 0 Å². The van der Waals surface area contributed by atoms with E-state index in [0.717, 1.165) is 31.7 Å². The number of nitrogens with one attached hydrogen (secondary N) is 2. The fourth-order valence-electron chi connectivity index (χ4n) is 2.28. The first kappa shape index (κ1) is 17.9. The molecule has 2 aromatic rings. The number of aryl methyl sites for hydroxylation is 1. The number of amides is 1. The summed E-state index contributed by atoms with van der Waals surface area (Å²) in [6, 6.07) is 13.9. The van der Waals surface area contributed by atoms with Gasteiger partial charge >= 0.3 is 0 Å². The highest BCUT2D eigenvalue weighted by atomic mass is 16.1. The number of carbonyl (C=O) groups excluding carboxylic acids is 1. The summed E-state index contributed by atoms with van der Waals surface area (Å²) in [6.07, 6.45) is 3.51. The van der Waals surface area contributed by atoms with Gasteiger partial charge in [-0.15, -0.1) is 0 Å². The molecule has 0 spiro atoms. The van der Waals surface area contributed by atoms with Crippen molar-refractivity contribution in [2.75, 3.05) is 39.0 Å². The van der Waals surface area contributed by atoms with E-state index in [4.69, 9.17) is 0 Å². The summed E-state index contributed by atoms with van der Waals surface area (Å²) in [4.78, 5) is 18.5. The maximum atomic E-state index is 12.1. The zero-order chi connectivity index (χ0) is 17.2. The molecule has 0 saturated carbocycles. The zero-order valence-electron chi connectivity index (χ0n) is 14.5. The second-order valence-corrected chi connectivity index (χ2v) is 6.01. The highest BCUT2D eigenvalue weighted by Crippen LogP contribution is 2.05. The van der Waals surface area contributed by atoms with Crippen LogP contribution in [0.25, 0.3) is 0 Å². The molecule has 1 aromatic heterocycles. The average molecular weight is 326 g/mol. The maximum Gasteiger partial charge on any atom is 0.252 e. The smallest absolute Gasteiger partial charge is 0.252 e. The van der Waals surface area contributed by atoms with Crippen molar-refractivity contribution in [2.45, 2.75) is 12.8 Å². The Morgan fingerprint density at radius 1 is 1.08 bits per heavy atom. The first-order valence-corrected chi connectivity index (χ1v) is 8.32. The van der Waals surface area contributed by atoms with Gasteiger partial charge in [0, 0.05) is 25.8 Å². The van der Waals surface area contributed by atoms with Crippen LogP contribution in [0.15, 0.2) is 48.7 Å². The molecule has 5 nitrogen and oxygen atoms in total. The molecule has 0 aliphatic rings. The molecule has 5 heteroatoms. The molecule has 1 aromatic carbocycles. The van der Waals surface area contributed by atoms with E-state index in [1.807, 2.05) is 38.4 Å². The van der Waals surface area contributed by atoms with Crippen molar-refractivity contribution in [3.05, 3.63) is 59.8 Å². The minimum absolute atomic E-state index is 0.0737. The lowest BCUT2D eigenvalue weighted by atomic mass is 10.1. The van der Waals surface area contributed by atoms with Gasteiger partial charge in [-0.25, -0.2) is 4.98 Å².